The number of carbonyl (C=O) groups is 1. The Kier molecular flexibility index (Phi) is 3.71. The third-order valence-corrected chi connectivity index (χ3v) is 3.14. The smallest absolute Gasteiger partial charge is 0.307 e. The number of hydrogen-bond donors (Lipinski definition) is 1. The second-order valence-electron chi connectivity index (χ2n) is 4.45. The van der Waals surface area contributed by atoms with Crippen molar-refractivity contribution in [3.05, 3.63) is 35.4 Å². The molecule has 98 valence electrons. The van der Waals surface area contributed by atoms with E-state index in [4.69, 9.17) is 0 Å². The SMILES string of the molecule is O=C(Cc1ccccc1C(F)(F)F)C1CCCN1. The van der Waals surface area contributed by atoms with E-state index in [0.29, 0.717) is 6.42 Å². The summed E-state index contributed by atoms with van der Waals surface area (Å²) in [6.07, 6.45) is -2.95. The molecule has 0 bridgehead atoms. The molecule has 1 aromatic carbocycles. The van der Waals surface area contributed by atoms with Crippen molar-refractivity contribution in [2.75, 3.05) is 6.54 Å². The Hall–Kier alpha value is -1.36. The van der Waals surface area contributed by atoms with E-state index in [9.17, 15) is 18.0 Å². The summed E-state index contributed by atoms with van der Waals surface area (Å²) in [7, 11) is 0. The quantitative estimate of drug-likeness (QED) is 0.901. The summed E-state index contributed by atoms with van der Waals surface area (Å²) >= 11 is 0. The predicted octanol–water partition coefficient (Wildman–Crippen LogP) is 2.57. The maximum Gasteiger partial charge on any atom is 0.416 e. The van der Waals surface area contributed by atoms with Crippen molar-refractivity contribution in [1.82, 2.24) is 5.32 Å². The van der Waals surface area contributed by atoms with Gasteiger partial charge in [-0.3, -0.25) is 4.79 Å². The molecule has 0 amide bonds. The Labute approximate surface area is 103 Å². The Morgan fingerprint density at radius 3 is 2.67 bits per heavy atom. The van der Waals surface area contributed by atoms with Gasteiger partial charge in [0.05, 0.1) is 11.6 Å². The Balaban J connectivity index is 2.16. The van der Waals surface area contributed by atoms with Gasteiger partial charge in [-0.25, -0.2) is 0 Å². The monoisotopic (exact) mass is 257 g/mol. The number of hydrogen-bond acceptors (Lipinski definition) is 2. The summed E-state index contributed by atoms with van der Waals surface area (Å²) in [6.45, 7) is 0.761. The van der Waals surface area contributed by atoms with Crippen molar-refractivity contribution in [1.29, 1.82) is 0 Å². The molecule has 1 aliphatic rings. The van der Waals surface area contributed by atoms with Gasteiger partial charge in [-0.1, -0.05) is 18.2 Å². The lowest BCUT2D eigenvalue weighted by atomic mass is 9.98. The summed E-state index contributed by atoms with van der Waals surface area (Å²) in [5.41, 5.74) is -0.653. The van der Waals surface area contributed by atoms with Gasteiger partial charge in [-0.05, 0) is 31.0 Å². The van der Waals surface area contributed by atoms with Crippen molar-refractivity contribution in [2.45, 2.75) is 31.5 Å². The first-order chi connectivity index (χ1) is 8.48. The van der Waals surface area contributed by atoms with Crippen LogP contribution in [0, 0.1) is 0 Å². The lowest BCUT2D eigenvalue weighted by Crippen LogP contribution is -2.32. The number of benzene rings is 1. The van der Waals surface area contributed by atoms with E-state index in [-0.39, 0.29) is 23.8 Å². The molecule has 0 spiro atoms. The number of carbonyl (C=O) groups excluding carboxylic acids is 1. The highest BCUT2D eigenvalue weighted by Gasteiger charge is 2.34. The Morgan fingerprint density at radius 1 is 1.33 bits per heavy atom. The van der Waals surface area contributed by atoms with Crippen molar-refractivity contribution >= 4 is 5.78 Å². The van der Waals surface area contributed by atoms with Crippen molar-refractivity contribution < 1.29 is 18.0 Å². The third-order valence-electron chi connectivity index (χ3n) is 3.14. The maximum atomic E-state index is 12.7. The highest BCUT2D eigenvalue weighted by Crippen LogP contribution is 2.32. The first-order valence-electron chi connectivity index (χ1n) is 5.89. The molecule has 0 aliphatic carbocycles. The minimum absolute atomic E-state index is 0.0590. The molecular formula is C13H14F3NO. The first-order valence-corrected chi connectivity index (χ1v) is 5.89. The lowest BCUT2D eigenvalue weighted by molar-refractivity contribution is -0.138. The molecule has 0 saturated carbocycles. The second-order valence-corrected chi connectivity index (χ2v) is 4.45. The number of nitrogens with one attached hydrogen (secondary N) is 1. The largest absolute Gasteiger partial charge is 0.416 e. The van der Waals surface area contributed by atoms with Gasteiger partial charge in [0.2, 0.25) is 0 Å². The standard InChI is InChI=1S/C13H14F3NO/c14-13(15,16)10-5-2-1-4-9(10)8-12(18)11-6-3-7-17-11/h1-2,4-5,11,17H,3,6-8H2. The van der Waals surface area contributed by atoms with Crippen molar-refractivity contribution in [3.8, 4) is 0 Å². The van der Waals surface area contributed by atoms with Gasteiger partial charge in [-0.2, -0.15) is 13.2 Å². The summed E-state index contributed by atoms with van der Waals surface area (Å²) < 4.78 is 38.2. The Morgan fingerprint density at radius 2 is 2.06 bits per heavy atom. The minimum atomic E-state index is -4.40. The highest BCUT2D eigenvalue weighted by molar-refractivity contribution is 5.86. The fourth-order valence-corrected chi connectivity index (χ4v) is 2.22. The van der Waals surface area contributed by atoms with E-state index in [1.165, 1.54) is 18.2 Å². The normalized spacial score (nSPS) is 20.1. The van der Waals surface area contributed by atoms with Gasteiger partial charge < -0.3 is 5.32 Å². The van der Waals surface area contributed by atoms with Gasteiger partial charge >= 0.3 is 6.18 Å². The van der Waals surface area contributed by atoms with Gasteiger partial charge in [-0.15, -0.1) is 0 Å². The van der Waals surface area contributed by atoms with E-state index in [2.05, 4.69) is 5.32 Å². The molecule has 1 atom stereocenters. The molecule has 1 unspecified atom stereocenters. The minimum Gasteiger partial charge on any atom is -0.307 e. The zero-order valence-electron chi connectivity index (χ0n) is 9.76. The summed E-state index contributed by atoms with van der Waals surface area (Å²) in [6, 6.07) is 4.97. The molecule has 5 heteroatoms. The average Bonchev–Trinajstić information content (AvgIpc) is 2.81. The summed E-state index contributed by atoms with van der Waals surface area (Å²) in [4.78, 5) is 11.9. The van der Waals surface area contributed by atoms with E-state index in [0.717, 1.165) is 19.0 Å². The lowest BCUT2D eigenvalue weighted by Gasteiger charge is -2.14. The first kappa shape index (κ1) is 13.1. The number of alkyl halides is 3. The molecule has 0 aromatic heterocycles. The molecule has 1 fully saturated rings. The molecule has 1 saturated heterocycles. The van der Waals surface area contributed by atoms with Gasteiger partial charge in [0.1, 0.15) is 0 Å². The van der Waals surface area contributed by atoms with Gasteiger partial charge in [0, 0.05) is 6.42 Å². The molecule has 1 heterocycles. The average molecular weight is 257 g/mol. The van der Waals surface area contributed by atoms with E-state index >= 15 is 0 Å². The van der Waals surface area contributed by atoms with Crippen LogP contribution >= 0.6 is 0 Å². The number of halogens is 3. The van der Waals surface area contributed by atoms with E-state index in [1.807, 2.05) is 0 Å². The predicted molar refractivity (Wildman–Crippen MR) is 61.2 cm³/mol. The van der Waals surface area contributed by atoms with Crippen LogP contribution in [-0.2, 0) is 17.4 Å². The molecular weight excluding hydrogens is 243 g/mol. The van der Waals surface area contributed by atoms with Crippen LogP contribution in [0.15, 0.2) is 24.3 Å². The number of ketones is 1. The zero-order valence-corrected chi connectivity index (χ0v) is 9.76. The number of rotatable bonds is 3. The fraction of sp³-hybridized carbons (Fsp3) is 0.462. The van der Waals surface area contributed by atoms with Crippen LogP contribution in [-0.4, -0.2) is 18.4 Å². The number of Topliss-reactive ketones (excluding diaryl/α,β-unsaturated/α-hetero) is 1. The maximum absolute atomic E-state index is 12.7. The molecule has 1 aromatic rings. The van der Waals surface area contributed by atoms with Crippen LogP contribution in [0.4, 0.5) is 13.2 Å². The van der Waals surface area contributed by atoms with Crippen molar-refractivity contribution in [2.24, 2.45) is 0 Å². The van der Waals surface area contributed by atoms with E-state index < -0.39 is 11.7 Å². The van der Waals surface area contributed by atoms with Crippen LogP contribution < -0.4 is 5.32 Å². The Bertz CT molecular complexity index is 436. The highest BCUT2D eigenvalue weighted by atomic mass is 19.4. The molecule has 18 heavy (non-hydrogen) atoms. The van der Waals surface area contributed by atoms with Crippen LogP contribution in [0.5, 0.6) is 0 Å². The fourth-order valence-electron chi connectivity index (χ4n) is 2.22. The third kappa shape index (κ3) is 2.90. The van der Waals surface area contributed by atoms with Gasteiger partial charge in [0.25, 0.3) is 0 Å². The molecule has 0 radical (unpaired) electrons. The topological polar surface area (TPSA) is 29.1 Å². The zero-order chi connectivity index (χ0) is 13.2. The van der Waals surface area contributed by atoms with Crippen LogP contribution in [0.1, 0.15) is 24.0 Å². The molecule has 1 N–H and O–H groups in total. The molecule has 1 aliphatic heterocycles. The van der Waals surface area contributed by atoms with E-state index in [1.54, 1.807) is 0 Å². The molecule has 2 nitrogen and oxygen atoms in total. The van der Waals surface area contributed by atoms with Crippen LogP contribution in [0.25, 0.3) is 0 Å². The van der Waals surface area contributed by atoms with Gasteiger partial charge in [0.15, 0.2) is 5.78 Å². The summed E-state index contributed by atoms with van der Waals surface area (Å²) in [5, 5.41) is 3.00. The summed E-state index contributed by atoms with van der Waals surface area (Å²) in [5.74, 6) is -0.163. The second kappa shape index (κ2) is 5.10. The molecule has 2 rings (SSSR count). The van der Waals surface area contributed by atoms with Crippen molar-refractivity contribution in [3.63, 3.8) is 0 Å². The van der Waals surface area contributed by atoms with Crippen LogP contribution in [0.2, 0.25) is 0 Å². The van der Waals surface area contributed by atoms with Crippen LogP contribution in [0.3, 0.4) is 0 Å².